The van der Waals surface area contributed by atoms with Crippen LogP contribution in [-0.2, 0) is 9.53 Å². The minimum atomic E-state index is -0.374. The van der Waals surface area contributed by atoms with E-state index in [1.165, 1.54) is 18.3 Å². The highest BCUT2D eigenvalue weighted by Crippen LogP contribution is 2.34. The Hall–Kier alpha value is -1.23. The van der Waals surface area contributed by atoms with Crippen molar-refractivity contribution in [2.75, 3.05) is 0 Å². The second-order valence-electron chi connectivity index (χ2n) is 7.08. The lowest BCUT2D eigenvalue weighted by molar-refractivity contribution is -0.148. The van der Waals surface area contributed by atoms with Crippen molar-refractivity contribution >= 4 is 23.1 Å². The summed E-state index contributed by atoms with van der Waals surface area (Å²) in [6.45, 7) is 13.9. The first-order valence-electron chi connectivity index (χ1n) is 8.30. The minimum absolute atomic E-state index is 0.0262. The maximum Gasteiger partial charge on any atom is 0.303 e. The van der Waals surface area contributed by atoms with Gasteiger partial charge in [0.25, 0.3) is 0 Å². The van der Waals surface area contributed by atoms with Crippen LogP contribution >= 0.6 is 11.3 Å². The lowest BCUT2D eigenvalue weighted by Gasteiger charge is -2.28. The van der Waals surface area contributed by atoms with Gasteiger partial charge in [0.05, 0.1) is 0 Å². The number of ether oxygens (including phenoxy) is 1. The third kappa shape index (κ3) is 5.72. The van der Waals surface area contributed by atoms with Gasteiger partial charge in [-0.15, -0.1) is 11.3 Å². The molecule has 1 rings (SSSR count). The summed E-state index contributed by atoms with van der Waals surface area (Å²) >= 11 is 1.40. The molecule has 0 saturated carbocycles. The third-order valence-electron chi connectivity index (χ3n) is 4.08. The van der Waals surface area contributed by atoms with E-state index in [0.29, 0.717) is 23.4 Å². The summed E-state index contributed by atoms with van der Waals surface area (Å²) < 4.78 is 5.52. The van der Waals surface area contributed by atoms with Crippen LogP contribution < -0.4 is 0 Å². The van der Waals surface area contributed by atoms with E-state index in [0.717, 1.165) is 11.4 Å². The quantitative estimate of drug-likeness (QED) is 0.499. The van der Waals surface area contributed by atoms with Crippen LogP contribution in [0.1, 0.15) is 76.5 Å². The van der Waals surface area contributed by atoms with Crippen molar-refractivity contribution in [3.63, 3.8) is 0 Å². The molecule has 4 nitrogen and oxygen atoms in total. The van der Waals surface area contributed by atoms with E-state index in [9.17, 15) is 9.59 Å². The van der Waals surface area contributed by atoms with Gasteiger partial charge in [-0.2, -0.15) is 0 Å². The number of Topliss-reactive ketones (excluding diaryl/α,β-unsaturated/α-hetero) is 1. The van der Waals surface area contributed by atoms with E-state index in [4.69, 9.17) is 4.74 Å². The van der Waals surface area contributed by atoms with Crippen LogP contribution in [0.3, 0.4) is 0 Å². The molecular weight excluding hydrogens is 310 g/mol. The molecule has 0 aliphatic rings. The molecule has 0 aromatic carbocycles. The molecule has 130 valence electrons. The number of esters is 1. The average molecular weight is 340 g/mol. The predicted octanol–water partition coefficient (Wildman–Crippen LogP) is 4.90. The van der Waals surface area contributed by atoms with Crippen LogP contribution in [0.2, 0.25) is 0 Å². The number of hydrogen-bond acceptors (Lipinski definition) is 5. The Balaban J connectivity index is 3.02. The van der Waals surface area contributed by atoms with E-state index >= 15 is 0 Å². The molecule has 5 heteroatoms. The second-order valence-corrected chi connectivity index (χ2v) is 7.97. The van der Waals surface area contributed by atoms with Gasteiger partial charge in [-0.1, -0.05) is 41.5 Å². The second kappa shape index (κ2) is 8.57. The molecule has 0 fully saturated rings. The Labute approximate surface area is 143 Å². The van der Waals surface area contributed by atoms with Crippen molar-refractivity contribution in [2.24, 2.45) is 23.7 Å². The Bertz CT molecular complexity index is 526. The van der Waals surface area contributed by atoms with Gasteiger partial charge in [-0.3, -0.25) is 9.59 Å². The van der Waals surface area contributed by atoms with E-state index < -0.39 is 0 Å². The molecule has 23 heavy (non-hydrogen) atoms. The molecule has 0 amide bonds. The lowest BCUT2D eigenvalue weighted by Crippen LogP contribution is -2.21. The van der Waals surface area contributed by atoms with Gasteiger partial charge < -0.3 is 4.74 Å². The first kappa shape index (κ1) is 19.8. The molecule has 0 unspecified atom stereocenters. The highest BCUT2D eigenvalue weighted by Gasteiger charge is 2.28. The van der Waals surface area contributed by atoms with Crippen molar-refractivity contribution in [1.82, 2.24) is 4.98 Å². The monoisotopic (exact) mass is 339 g/mol. The number of carbonyl (C=O) groups is 2. The van der Waals surface area contributed by atoms with Crippen LogP contribution in [0, 0.1) is 23.7 Å². The van der Waals surface area contributed by atoms with Crippen LogP contribution in [0.4, 0.5) is 0 Å². The molecule has 0 aliphatic carbocycles. The predicted molar refractivity (Wildman–Crippen MR) is 93.6 cm³/mol. The molecule has 0 bridgehead atoms. The number of rotatable bonds is 8. The fourth-order valence-corrected chi connectivity index (χ4v) is 3.65. The molecule has 1 aromatic heterocycles. The molecule has 0 spiro atoms. The number of aromatic nitrogens is 1. The normalized spacial score (nSPS) is 13.2. The SMILES string of the molecule is CC(=O)O[C@H](CC(C(C)C)C(C)C)c1nc(C(=O)C(C)C)cs1. The van der Waals surface area contributed by atoms with Crippen molar-refractivity contribution in [3.8, 4) is 0 Å². The number of nitrogens with zero attached hydrogens (tertiary/aromatic N) is 1. The van der Waals surface area contributed by atoms with E-state index in [1.807, 2.05) is 13.8 Å². The fraction of sp³-hybridized carbons (Fsp3) is 0.722. The van der Waals surface area contributed by atoms with E-state index in [1.54, 1.807) is 5.38 Å². The van der Waals surface area contributed by atoms with E-state index in [-0.39, 0.29) is 23.8 Å². The van der Waals surface area contributed by atoms with Gasteiger partial charge in [0.2, 0.25) is 0 Å². The Kier molecular flexibility index (Phi) is 7.39. The summed E-state index contributed by atoms with van der Waals surface area (Å²) in [5.41, 5.74) is 0.475. The first-order chi connectivity index (χ1) is 10.6. The van der Waals surface area contributed by atoms with Crippen molar-refractivity contribution in [2.45, 2.75) is 61.0 Å². The zero-order valence-corrected chi connectivity index (χ0v) is 16.1. The summed E-state index contributed by atoms with van der Waals surface area (Å²) in [5.74, 6) is 1.03. The van der Waals surface area contributed by atoms with Gasteiger partial charge in [0.1, 0.15) is 10.7 Å². The number of hydrogen-bond donors (Lipinski definition) is 0. The van der Waals surface area contributed by atoms with Crippen LogP contribution in [0.5, 0.6) is 0 Å². The first-order valence-corrected chi connectivity index (χ1v) is 9.18. The van der Waals surface area contributed by atoms with Gasteiger partial charge in [-0.25, -0.2) is 4.98 Å². The molecule has 1 atom stereocenters. The molecular formula is C18H29NO3S. The summed E-state index contributed by atoms with van der Waals surface area (Å²) in [7, 11) is 0. The summed E-state index contributed by atoms with van der Waals surface area (Å²) in [5, 5.41) is 2.49. The largest absolute Gasteiger partial charge is 0.455 e. The van der Waals surface area contributed by atoms with E-state index in [2.05, 4.69) is 32.7 Å². The number of thiazole rings is 1. The minimum Gasteiger partial charge on any atom is -0.455 e. The molecule has 0 saturated heterocycles. The van der Waals surface area contributed by atoms with Crippen LogP contribution in [0.15, 0.2) is 5.38 Å². The van der Waals surface area contributed by atoms with Crippen molar-refractivity contribution < 1.29 is 14.3 Å². The summed E-state index contributed by atoms with van der Waals surface area (Å²) in [6.07, 6.45) is 0.360. The standard InChI is InChI=1S/C18H29NO3S/c1-10(2)14(11(3)4)8-16(22-13(7)20)18-19-15(9-23-18)17(21)12(5)6/h9-12,14,16H,8H2,1-7H3/t16-/m1/s1. The highest BCUT2D eigenvalue weighted by atomic mass is 32.1. The zero-order valence-electron chi connectivity index (χ0n) is 15.3. The Morgan fingerprint density at radius 3 is 2.13 bits per heavy atom. The Morgan fingerprint density at radius 2 is 1.70 bits per heavy atom. The number of carbonyl (C=O) groups excluding carboxylic acids is 2. The number of ketones is 1. The topological polar surface area (TPSA) is 56.3 Å². The van der Waals surface area contributed by atoms with Crippen molar-refractivity contribution in [3.05, 3.63) is 16.1 Å². The van der Waals surface area contributed by atoms with Gasteiger partial charge in [-0.05, 0) is 24.2 Å². The zero-order chi connectivity index (χ0) is 17.7. The van der Waals surface area contributed by atoms with Crippen LogP contribution in [0.25, 0.3) is 0 Å². The lowest BCUT2D eigenvalue weighted by atomic mass is 9.81. The maximum atomic E-state index is 12.1. The average Bonchev–Trinajstić information content (AvgIpc) is 2.90. The molecule has 0 N–H and O–H groups in total. The third-order valence-corrected chi connectivity index (χ3v) is 5.02. The van der Waals surface area contributed by atoms with Crippen LogP contribution in [-0.4, -0.2) is 16.7 Å². The smallest absolute Gasteiger partial charge is 0.303 e. The molecule has 1 heterocycles. The summed E-state index contributed by atoms with van der Waals surface area (Å²) in [4.78, 5) is 28.0. The summed E-state index contributed by atoms with van der Waals surface area (Å²) in [6, 6.07) is 0. The Morgan fingerprint density at radius 1 is 1.13 bits per heavy atom. The molecule has 0 aliphatic heterocycles. The maximum absolute atomic E-state index is 12.1. The molecule has 0 radical (unpaired) electrons. The van der Waals surface area contributed by atoms with Gasteiger partial charge in [0, 0.05) is 18.2 Å². The van der Waals surface area contributed by atoms with Gasteiger partial charge >= 0.3 is 5.97 Å². The van der Waals surface area contributed by atoms with Crippen molar-refractivity contribution in [1.29, 1.82) is 0 Å². The molecule has 1 aromatic rings. The highest BCUT2D eigenvalue weighted by molar-refractivity contribution is 7.09. The fourth-order valence-electron chi connectivity index (χ4n) is 2.81. The van der Waals surface area contributed by atoms with Gasteiger partial charge in [0.15, 0.2) is 11.9 Å².